The van der Waals surface area contributed by atoms with Crippen LogP contribution >= 0.6 is 15.9 Å². The van der Waals surface area contributed by atoms with Gasteiger partial charge in [-0.05, 0) is 17.7 Å². The number of hydrogen-bond donors (Lipinski definition) is 2. The molecule has 19 heavy (non-hydrogen) atoms. The van der Waals surface area contributed by atoms with E-state index in [2.05, 4.69) is 20.9 Å². The Balaban J connectivity index is 2.12. The van der Waals surface area contributed by atoms with Crippen LogP contribution in [0.4, 0.5) is 5.69 Å². The molecule has 0 atom stereocenters. The molecule has 6 heteroatoms. The third-order valence-electron chi connectivity index (χ3n) is 2.42. The quantitative estimate of drug-likeness (QED) is 0.903. The third kappa shape index (κ3) is 3.45. The third-order valence-corrected chi connectivity index (χ3v) is 2.91. The molecule has 0 fully saturated rings. The highest BCUT2D eigenvalue weighted by Gasteiger charge is 2.10. The van der Waals surface area contributed by atoms with Gasteiger partial charge in [-0.15, -0.1) is 0 Å². The molecule has 0 unspecified atom stereocenters. The SMILES string of the molecule is Nc1cnc(OCc2cccc(Br)c2)cc1C(=O)O. The molecule has 1 heterocycles. The lowest BCUT2D eigenvalue weighted by atomic mass is 10.2. The summed E-state index contributed by atoms with van der Waals surface area (Å²) in [6, 6.07) is 8.93. The smallest absolute Gasteiger partial charge is 0.338 e. The molecule has 0 bridgehead atoms. The van der Waals surface area contributed by atoms with E-state index in [-0.39, 0.29) is 17.1 Å². The second-order valence-electron chi connectivity index (χ2n) is 3.83. The number of benzene rings is 1. The van der Waals surface area contributed by atoms with Gasteiger partial charge in [0, 0.05) is 10.5 Å². The zero-order valence-electron chi connectivity index (χ0n) is 9.84. The second-order valence-corrected chi connectivity index (χ2v) is 4.75. The molecule has 2 rings (SSSR count). The molecular weight excluding hydrogens is 312 g/mol. The van der Waals surface area contributed by atoms with Crippen LogP contribution in [0, 0.1) is 0 Å². The highest BCUT2D eigenvalue weighted by Crippen LogP contribution is 2.18. The summed E-state index contributed by atoms with van der Waals surface area (Å²) in [5.41, 5.74) is 6.56. The first kappa shape index (κ1) is 13.4. The first-order valence-electron chi connectivity index (χ1n) is 5.42. The molecule has 3 N–H and O–H groups in total. The fraction of sp³-hybridized carbons (Fsp3) is 0.0769. The Bertz CT molecular complexity index is 617. The number of anilines is 1. The van der Waals surface area contributed by atoms with Crippen molar-refractivity contribution in [1.82, 2.24) is 4.98 Å². The van der Waals surface area contributed by atoms with Gasteiger partial charge in [0.25, 0.3) is 0 Å². The molecule has 1 aromatic carbocycles. The minimum Gasteiger partial charge on any atom is -0.478 e. The number of ether oxygens (including phenoxy) is 1. The Labute approximate surface area is 118 Å². The van der Waals surface area contributed by atoms with E-state index in [0.29, 0.717) is 6.61 Å². The van der Waals surface area contributed by atoms with Crippen LogP contribution in [0.1, 0.15) is 15.9 Å². The number of nitrogens with two attached hydrogens (primary N) is 1. The van der Waals surface area contributed by atoms with Crippen molar-refractivity contribution >= 4 is 27.6 Å². The summed E-state index contributed by atoms with van der Waals surface area (Å²) >= 11 is 3.36. The summed E-state index contributed by atoms with van der Waals surface area (Å²) < 4.78 is 6.39. The molecule has 98 valence electrons. The zero-order chi connectivity index (χ0) is 13.8. The molecule has 0 saturated carbocycles. The van der Waals surface area contributed by atoms with Crippen molar-refractivity contribution in [1.29, 1.82) is 0 Å². The number of aromatic nitrogens is 1. The molecule has 0 amide bonds. The molecule has 0 saturated heterocycles. The Kier molecular flexibility index (Phi) is 4.01. The maximum atomic E-state index is 10.9. The number of carboxylic acids is 1. The van der Waals surface area contributed by atoms with Gasteiger partial charge in [0.05, 0.1) is 17.4 Å². The lowest BCUT2D eigenvalue weighted by Gasteiger charge is -2.07. The number of carbonyl (C=O) groups is 1. The van der Waals surface area contributed by atoms with Crippen molar-refractivity contribution in [3.63, 3.8) is 0 Å². The van der Waals surface area contributed by atoms with Crippen LogP contribution in [-0.2, 0) is 6.61 Å². The zero-order valence-corrected chi connectivity index (χ0v) is 11.4. The Morgan fingerprint density at radius 3 is 2.89 bits per heavy atom. The molecule has 1 aromatic heterocycles. The molecule has 5 nitrogen and oxygen atoms in total. The Morgan fingerprint density at radius 1 is 1.42 bits per heavy atom. The summed E-state index contributed by atoms with van der Waals surface area (Å²) in [6.45, 7) is 0.301. The number of carboxylic acid groups (broad SMARTS) is 1. The van der Waals surface area contributed by atoms with E-state index in [1.807, 2.05) is 24.3 Å². The van der Waals surface area contributed by atoms with E-state index >= 15 is 0 Å². The van der Waals surface area contributed by atoms with Crippen LogP contribution in [0.3, 0.4) is 0 Å². The van der Waals surface area contributed by atoms with Crippen molar-refractivity contribution in [3.05, 3.63) is 52.1 Å². The molecule has 2 aromatic rings. The topological polar surface area (TPSA) is 85.4 Å². The Morgan fingerprint density at radius 2 is 2.21 bits per heavy atom. The van der Waals surface area contributed by atoms with Gasteiger partial charge in [-0.25, -0.2) is 9.78 Å². The minimum atomic E-state index is -1.10. The van der Waals surface area contributed by atoms with Gasteiger partial charge < -0.3 is 15.6 Å². The highest BCUT2D eigenvalue weighted by molar-refractivity contribution is 9.10. The maximum Gasteiger partial charge on any atom is 0.338 e. The molecule has 0 aliphatic rings. The summed E-state index contributed by atoms with van der Waals surface area (Å²) in [5.74, 6) is -0.876. The summed E-state index contributed by atoms with van der Waals surface area (Å²) in [7, 11) is 0. The van der Waals surface area contributed by atoms with Crippen molar-refractivity contribution in [2.45, 2.75) is 6.61 Å². The predicted octanol–water partition coefficient (Wildman–Crippen LogP) is 2.70. The van der Waals surface area contributed by atoms with E-state index in [4.69, 9.17) is 15.6 Å². The van der Waals surface area contributed by atoms with Gasteiger partial charge in [0.1, 0.15) is 6.61 Å². The normalized spacial score (nSPS) is 10.2. The van der Waals surface area contributed by atoms with Crippen LogP contribution in [0.25, 0.3) is 0 Å². The number of nitrogens with zero attached hydrogens (tertiary/aromatic N) is 1. The lowest BCUT2D eigenvalue weighted by molar-refractivity contribution is 0.0697. The second kappa shape index (κ2) is 5.71. The van der Waals surface area contributed by atoms with E-state index in [9.17, 15) is 4.79 Å². The first-order chi connectivity index (χ1) is 9.06. The highest BCUT2D eigenvalue weighted by atomic mass is 79.9. The van der Waals surface area contributed by atoms with Crippen LogP contribution in [0.15, 0.2) is 41.0 Å². The summed E-state index contributed by atoms with van der Waals surface area (Å²) in [6.07, 6.45) is 1.28. The van der Waals surface area contributed by atoms with E-state index in [0.717, 1.165) is 10.0 Å². The van der Waals surface area contributed by atoms with Gasteiger partial charge in [-0.3, -0.25) is 0 Å². The van der Waals surface area contributed by atoms with Gasteiger partial charge in [-0.2, -0.15) is 0 Å². The number of pyridine rings is 1. The van der Waals surface area contributed by atoms with Crippen LogP contribution in [-0.4, -0.2) is 16.1 Å². The van der Waals surface area contributed by atoms with Crippen molar-refractivity contribution < 1.29 is 14.6 Å². The van der Waals surface area contributed by atoms with Crippen molar-refractivity contribution in [2.75, 3.05) is 5.73 Å². The van der Waals surface area contributed by atoms with Gasteiger partial charge in [0.2, 0.25) is 5.88 Å². The van der Waals surface area contributed by atoms with Crippen molar-refractivity contribution in [2.24, 2.45) is 0 Å². The lowest BCUT2D eigenvalue weighted by Crippen LogP contribution is -2.05. The van der Waals surface area contributed by atoms with E-state index in [1.165, 1.54) is 12.3 Å². The minimum absolute atomic E-state index is 0.0146. The Hall–Kier alpha value is -2.08. The maximum absolute atomic E-state index is 10.9. The monoisotopic (exact) mass is 322 g/mol. The van der Waals surface area contributed by atoms with Crippen LogP contribution in [0.5, 0.6) is 5.88 Å². The predicted molar refractivity (Wildman–Crippen MR) is 74.1 cm³/mol. The molecule has 0 aliphatic carbocycles. The average Bonchev–Trinajstić information content (AvgIpc) is 2.37. The molecule has 0 spiro atoms. The summed E-state index contributed by atoms with van der Waals surface area (Å²) in [4.78, 5) is 14.9. The largest absolute Gasteiger partial charge is 0.478 e. The number of rotatable bonds is 4. The first-order valence-corrected chi connectivity index (χ1v) is 6.21. The fourth-order valence-corrected chi connectivity index (χ4v) is 1.94. The fourth-order valence-electron chi connectivity index (χ4n) is 1.49. The van der Waals surface area contributed by atoms with E-state index in [1.54, 1.807) is 0 Å². The molecule has 0 aliphatic heterocycles. The van der Waals surface area contributed by atoms with Gasteiger partial charge in [-0.1, -0.05) is 28.1 Å². The number of hydrogen-bond acceptors (Lipinski definition) is 4. The van der Waals surface area contributed by atoms with Gasteiger partial charge >= 0.3 is 5.97 Å². The number of aromatic carboxylic acids is 1. The van der Waals surface area contributed by atoms with Gasteiger partial charge in [0.15, 0.2) is 0 Å². The summed E-state index contributed by atoms with van der Waals surface area (Å²) in [5, 5.41) is 8.94. The molecule has 0 radical (unpaired) electrons. The van der Waals surface area contributed by atoms with E-state index < -0.39 is 5.97 Å². The van der Waals surface area contributed by atoms with Crippen molar-refractivity contribution in [3.8, 4) is 5.88 Å². The number of nitrogen functional groups attached to an aromatic ring is 1. The van der Waals surface area contributed by atoms with Crippen LogP contribution in [0.2, 0.25) is 0 Å². The average molecular weight is 323 g/mol. The standard InChI is InChI=1S/C13H11BrN2O3/c14-9-3-1-2-8(4-9)7-19-12-5-10(13(17)18)11(15)6-16-12/h1-6H,7,15H2,(H,17,18). The van der Waals surface area contributed by atoms with Crippen LogP contribution < -0.4 is 10.5 Å². The molecular formula is C13H11BrN2O3. The number of halogens is 1.